The van der Waals surface area contributed by atoms with Crippen molar-refractivity contribution in [1.29, 1.82) is 0 Å². The van der Waals surface area contributed by atoms with E-state index in [4.69, 9.17) is 29.4 Å². The number of anilines is 3. The van der Waals surface area contributed by atoms with Gasteiger partial charge in [0.05, 0.1) is 30.2 Å². The van der Waals surface area contributed by atoms with Gasteiger partial charge in [0.25, 0.3) is 15.9 Å². The lowest BCUT2D eigenvalue weighted by atomic mass is 9.59. The summed E-state index contributed by atoms with van der Waals surface area (Å²) in [7, 11) is -3.08. The minimum Gasteiger partial charge on any atom is -0.497 e. The molecule has 1 amide bonds. The summed E-state index contributed by atoms with van der Waals surface area (Å²) in [5.41, 5.74) is 9.57. The average molecular weight is 1060 g/mol. The Labute approximate surface area is 442 Å². The van der Waals surface area contributed by atoms with Crippen LogP contribution in [0.25, 0.3) is 11.0 Å². The third kappa shape index (κ3) is 10.5. The summed E-state index contributed by atoms with van der Waals surface area (Å²) in [6, 6.07) is 25.1. The fourth-order valence-electron chi connectivity index (χ4n) is 12.0. The van der Waals surface area contributed by atoms with E-state index in [1.807, 2.05) is 23.1 Å². The van der Waals surface area contributed by atoms with Gasteiger partial charge in [-0.15, -0.1) is 0 Å². The van der Waals surface area contributed by atoms with Gasteiger partial charge in [0.1, 0.15) is 58.2 Å². The Morgan fingerprint density at radius 3 is 2.42 bits per heavy atom. The van der Waals surface area contributed by atoms with Crippen LogP contribution in [-0.2, 0) is 21.3 Å². The molecule has 19 heteroatoms. The minimum absolute atomic E-state index is 0.00249. The zero-order valence-electron chi connectivity index (χ0n) is 43.2. The Bertz CT molecular complexity index is 3210. The maximum absolute atomic E-state index is 16.7. The van der Waals surface area contributed by atoms with E-state index in [-0.39, 0.29) is 103 Å². The second-order valence-corrected chi connectivity index (χ2v) is 23.1. The highest BCUT2D eigenvalue weighted by Gasteiger charge is 2.50. The number of rotatable bonds is 15. The number of nitrogen functional groups attached to an aromatic ring is 1. The molecule has 16 nitrogen and oxygen atoms in total. The molecular weight excluding hydrogens is 995 g/mol. The van der Waals surface area contributed by atoms with Crippen LogP contribution in [0.3, 0.4) is 0 Å². The largest absolute Gasteiger partial charge is 0.497 e. The molecular formula is C57H66F2N8O8S. The van der Waals surface area contributed by atoms with Crippen molar-refractivity contribution in [3.05, 3.63) is 119 Å². The zero-order chi connectivity index (χ0) is 52.8. The van der Waals surface area contributed by atoms with Gasteiger partial charge in [-0.25, -0.2) is 26.9 Å². The number of amides is 1. The van der Waals surface area contributed by atoms with Gasteiger partial charge in [-0.2, -0.15) is 0 Å². The number of benzene rings is 4. The van der Waals surface area contributed by atoms with Gasteiger partial charge in [-0.05, 0) is 90.1 Å². The predicted molar refractivity (Wildman–Crippen MR) is 287 cm³/mol. The van der Waals surface area contributed by atoms with Crippen LogP contribution in [0.1, 0.15) is 91.4 Å². The number of aromatic amines is 1. The number of fused-ring (bicyclic) bond motifs is 2. The quantitative estimate of drug-likeness (QED) is 0.0713. The molecule has 0 radical (unpaired) electrons. The highest BCUT2D eigenvalue weighted by molar-refractivity contribution is 7.90. The van der Waals surface area contributed by atoms with Gasteiger partial charge >= 0.3 is 0 Å². The second-order valence-electron chi connectivity index (χ2n) is 21.4. The summed E-state index contributed by atoms with van der Waals surface area (Å²) in [6.07, 6.45) is 7.37. The van der Waals surface area contributed by atoms with E-state index in [0.717, 1.165) is 75.1 Å². The SMILES string of the molecule is COc1ccc(CN2CCN(C3CC4(CCN(c5cc(Oc6cnc7[nH]ccc7c6)c(C(=O)NS(=O)(=O)c6cc(N)c(NCC7(F)CCOCC7)c7c6OCCO7)cc5F)CC4)C3)[C@H](c3ccccc3C(C)C)C2)cc1. The normalized spacial score (nSPS) is 19.9. The van der Waals surface area contributed by atoms with Crippen LogP contribution in [0, 0.1) is 11.2 Å². The average Bonchev–Trinajstić information content (AvgIpc) is 3.89. The lowest BCUT2D eigenvalue weighted by Crippen LogP contribution is -2.60. The maximum Gasteiger partial charge on any atom is 0.268 e. The van der Waals surface area contributed by atoms with E-state index in [0.29, 0.717) is 30.7 Å². The van der Waals surface area contributed by atoms with E-state index in [1.165, 1.54) is 29.0 Å². The first kappa shape index (κ1) is 51.4. The lowest BCUT2D eigenvalue weighted by molar-refractivity contribution is -0.0628. The van der Waals surface area contributed by atoms with Crippen LogP contribution in [0.15, 0.2) is 96.2 Å². The first-order chi connectivity index (χ1) is 36.7. The number of methoxy groups -OCH3 is 1. The van der Waals surface area contributed by atoms with Crippen molar-refractivity contribution < 1.29 is 45.7 Å². The third-order valence-electron chi connectivity index (χ3n) is 16.2. The molecule has 1 spiro atoms. The van der Waals surface area contributed by atoms with Crippen molar-refractivity contribution in [2.45, 2.75) is 87.5 Å². The summed E-state index contributed by atoms with van der Waals surface area (Å²) in [6.45, 7) is 9.89. The van der Waals surface area contributed by atoms with Crippen LogP contribution in [0.4, 0.5) is 25.8 Å². The van der Waals surface area contributed by atoms with E-state index in [2.05, 4.69) is 80.1 Å². The molecule has 0 unspecified atom stereocenters. The standard InChI is InChI=1S/C57H66F2N8O8S/c1-36(2)42-6-4-5-7-43(42)48-34-65(33-37-8-10-40(71-3)11-9-37)20-21-67(48)39-30-56(31-39)13-18-66(19-14-56)47-29-49(75-41-26-38-12-17-61-54(38)62-32-41)44(27-45(47)58)55(68)64-76(69,70)50-28-46(60)51(53-52(50)73-24-25-74-53)63-35-57(59)15-22-72-23-16-57/h4-12,17,26-29,32,36,39,48,63H,13-16,18-25,30-31,33-35,60H2,1-3H3,(H,61,62)(H,64,68)/t48-/m0/s1. The fraction of sp³-hybridized carbons (Fsp3) is 0.439. The lowest BCUT2D eigenvalue weighted by Gasteiger charge is -2.58. The number of sulfonamides is 1. The smallest absolute Gasteiger partial charge is 0.268 e. The first-order valence-corrected chi connectivity index (χ1v) is 27.8. The zero-order valence-corrected chi connectivity index (χ0v) is 44.0. The third-order valence-corrected chi connectivity index (χ3v) is 17.5. The highest BCUT2D eigenvalue weighted by atomic mass is 32.2. The number of aromatic nitrogens is 2. The van der Waals surface area contributed by atoms with Crippen molar-refractivity contribution in [3.63, 3.8) is 0 Å². The summed E-state index contributed by atoms with van der Waals surface area (Å²) < 4.78 is 91.7. The van der Waals surface area contributed by atoms with E-state index in [1.54, 1.807) is 19.4 Å². The molecule has 5 N–H and O–H groups in total. The van der Waals surface area contributed by atoms with E-state index in [9.17, 15) is 13.2 Å². The molecule has 1 aliphatic carbocycles. The highest BCUT2D eigenvalue weighted by Crippen LogP contribution is 2.54. The van der Waals surface area contributed by atoms with Gasteiger partial charge in [0, 0.05) is 102 Å². The van der Waals surface area contributed by atoms with Crippen LogP contribution in [0.5, 0.6) is 28.7 Å². The molecule has 5 aliphatic rings. The number of nitrogens with one attached hydrogen (secondary N) is 3. The number of nitrogens with two attached hydrogens (primary N) is 1. The van der Waals surface area contributed by atoms with E-state index < -0.39 is 32.3 Å². The summed E-state index contributed by atoms with van der Waals surface area (Å²) in [5, 5.41) is 3.74. The maximum atomic E-state index is 16.7. The first-order valence-electron chi connectivity index (χ1n) is 26.4. The van der Waals surface area contributed by atoms with Crippen molar-refractivity contribution in [2.24, 2.45) is 5.41 Å². The molecule has 6 heterocycles. The van der Waals surface area contributed by atoms with Gasteiger partial charge in [-0.1, -0.05) is 50.2 Å². The van der Waals surface area contributed by atoms with Gasteiger partial charge in [0.2, 0.25) is 0 Å². The van der Waals surface area contributed by atoms with Crippen molar-refractivity contribution in [3.8, 4) is 28.7 Å². The Kier molecular flexibility index (Phi) is 14.2. The van der Waals surface area contributed by atoms with Crippen LogP contribution in [-0.4, -0.2) is 119 Å². The topological polar surface area (TPSA) is 186 Å². The van der Waals surface area contributed by atoms with Gasteiger partial charge in [-0.3, -0.25) is 14.6 Å². The Morgan fingerprint density at radius 1 is 0.921 bits per heavy atom. The van der Waals surface area contributed by atoms with Crippen molar-refractivity contribution in [2.75, 3.05) is 88.8 Å². The number of nitrogens with zero attached hydrogens (tertiary/aromatic N) is 4. The predicted octanol–water partition coefficient (Wildman–Crippen LogP) is 9.34. The molecule has 4 aromatic carbocycles. The van der Waals surface area contributed by atoms with Crippen molar-refractivity contribution in [1.82, 2.24) is 24.5 Å². The fourth-order valence-corrected chi connectivity index (χ4v) is 13.1. The number of carbonyl (C=O) groups excluding carboxylic acids is 1. The number of hydrogen-bond acceptors (Lipinski definition) is 14. The van der Waals surface area contributed by atoms with Crippen LogP contribution >= 0.6 is 0 Å². The molecule has 2 aromatic heterocycles. The number of piperazine rings is 1. The number of halogens is 2. The van der Waals surface area contributed by atoms with Gasteiger partial charge in [0.15, 0.2) is 11.5 Å². The number of piperidine rings is 1. The molecule has 402 valence electrons. The molecule has 76 heavy (non-hydrogen) atoms. The molecule has 11 rings (SSSR count). The number of H-pyrrole nitrogens is 1. The Hall–Kier alpha value is -6.67. The molecule has 4 fully saturated rings. The summed E-state index contributed by atoms with van der Waals surface area (Å²) in [5.74, 6) is -0.677. The molecule has 0 bridgehead atoms. The monoisotopic (exact) mass is 1060 g/mol. The number of alkyl halides is 1. The number of pyridine rings is 1. The van der Waals surface area contributed by atoms with Crippen LogP contribution < -0.4 is 39.6 Å². The second kappa shape index (κ2) is 21.0. The molecule has 6 aromatic rings. The minimum atomic E-state index is -4.77. The summed E-state index contributed by atoms with van der Waals surface area (Å²) in [4.78, 5) is 28.6. The molecule has 4 aliphatic heterocycles. The van der Waals surface area contributed by atoms with Crippen molar-refractivity contribution >= 4 is 44.0 Å². The number of hydrogen-bond donors (Lipinski definition) is 4. The van der Waals surface area contributed by atoms with Crippen LogP contribution in [0.2, 0.25) is 0 Å². The van der Waals surface area contributed by atoms with Gasteiger partial charge < -0.3 is 44.6 Å². The number of carbonyl (C=O) groups is 1. The Morgan fingerprint density at radius 2 is 1.67 bits per heavy atom. The van der Waals surface area contributed by atoms with E-state index >= 15 is 8.78 Å². The number of ether oxygens (including phenoxy) is 5. The molecule has 1 atom stereocenters. The molecule has 3 saturated heterocycles. The Balaban J connectivity index is 0.814. The summed E-state index contributed by atoms with van der Waals surface area (Å²) >= 11 is 0. The molecule has 1 saturated carbocycles.